The Kier molecular flexibility index (Phi) is 3.50. The molecular formula is C16H25N3. The van der Waals surface area contributed by atoms with Gasteiger partial charge in [0.05, 0.1) is 0 Å². The maximum absolute atomic E-state index is 6.08. The highest BCUT2D eigenvalue weighted by atomic mass is 15.2. The third kappa shape index (κ3) is 2.26. The van der Waals surface area contributed by atoms with E-state index >= 15 is 0 Å². The van der Waals surface area contributed by atoms with Gasteiger partial charge in [-0.15, -0.1) is 0 Å². The van der Waals surface area contributed by atoms with E-state index in [0.717, 1.165) is 19.1 Å². The maximum Gasteiger partial charge on any atom is 0.0480 e. The minimum absolute atomic E-state index is 0.429. The highest BCUT2D eigenvalue weighted by molar-refractivity contribution is 5.52. The van der Waals surface area contributed by atoms with E-state index in [-0.39, 0.29) is 0 Å². The molecule has 0 radical (unpaired) electrons. The van der Waals surface area contributed by atoms with Crippen LogP contribution in [0.4, 0.5) is 5.69 Å². The third-order valence-corrected chi connectivity index (χ3v) is 4.78. The second-order valence-corrected chi connectivity index (χ2v) is 6.14. The minimum atomic E-state index is 0.429. The van der Waals surface area contributed by atoms with Gasteiger partial charge in [0, 0.05) is 45.0 Å². The zero-order valence-corrected chi connectivity index (χ0v) is 12.1. The largest absolute Gasteiger partial charge is 0.378 e. The van der Waals surface area contributed by atoms with Gasteiger partial charge in [-0.2, -0.15) is 0 Å². The summed E-state index contributed by atoms with van der Waals surface area (Å²) in [6, 6.07) is 8.04. The van der Waals surface area contributed by atoms with Crippen molar-refractivity contribution in [1.29, 1.82) is 0 Å². The number of nitrogens with zero attached hydrogens (tertiary/aromatic N) is 2. The fourth-order valence-corrected chi connectivity index (χ4v) is 3.68. The minimum Gasteiger partial charge on any atom is -0.378 e. The summed E-state index contributed by atoms with van der Waals surface area (Å²) in [6.07, 6.45) is 5.48. The van der Waals surface area contributed by atoms with Gasteiger partial charge in [0.1, 0.15) is 0 Å². The Bertz CT molecular complexity index is 449. The molecular weight excluding hydrogens is 234 g/mol. The quantitative estimate of drug-likeness (QED) is 0.905. The van der Waals surface area contributed by atoms with Crippen molar-refractivity contribution in [3.63, 3.8) is 0 Å². The van der Waals surface area contributed by atoms with Crippen molar-refractivity contribution < 1.29 is 0 Å². The highest BCUT2D eigenvalue weighted by Gasteiger charge is 2.35. The molecule has 104 valence electrons. The molecule has 0 bridgehead atoms. The van der Waals surface area contributed by atoms with Crippen LogP contribution in [0, 0.1) is 0 Å². The molecule has 1 aliphatic heterocycles. The first kappa shape index (κ1) is 12.9. The van der Waals surface area contributed by atoms with Gasteiger partial charge in [0.2, 0.25) is 0 Å². The lowest BCUT2D eigenvalue weighted by molar-refractivity contribution is 0.152. The van der Waals surface area contributed by atoms with Crippen LogP contribution in [0.25, 0.3) is 0 Å². The second kappa shape index (κ2) is 5.14. The molecule has 0 spiro atoms. The van der Waals surface area contributed by atoms with E-state index in [2.05, 4.69) is 42.1 Å². The molecule has 0 aromatic heterocycles. The normalized spacial score (nSPS) is 23.8. The van der Waals surface area contributed by atoms with Crippen LogP contribution in [-0.2, 0) is 6.54 Å². The van der Waals surface area contributed by atoms with Crippen molar-refractivity contribution in [2.24, 2.45) is 5.73 Å². The molecule has 2 N–H and O–H groups in total. The fourth-order valence-electron chi connectivity index (χ4n) is 3.68. The smallest absolute Gasteiger partial charge is 0.0480 e. The van der Waals surface area contributed by atoms with Crippen molar-refractivity contribution in [2.75, 3.05) is 25.5 Å². The molecule has 0 amide bonds. The van der Waals surface area contributed by atoms with Gasteiger partial charge < -0.3 is 10.6 Å². The average molecular weight is 259 g/mol. The van der Waals surface area contributed by atoms with Gasteiger partial charge in [-0.05, 0) is 36.1 Å². The van der Waals surface area contributed by atoms with Gasteiger partial charge >= 0.3 is 0 Å². The lowest BCUT2D eigenvalue weighted by Crippen LogP contribution is -2.35. The number of benzene rings is 1. The van der Waals surface area contributed by atoms with Crippen LogP contribution in [0.2, 0.25) is 0 Å². The number of hydrogen-bond donors (Lipinski definition) is 1. The highest BCUT2D eigenvalue weighted by Crippen LogP contribution is 2.40. The molecule has 1 aromatic rings. The SMILES string of the molecule is CN(C)c1ccc2c(c1)C(CN)N(C1CCCC1)C2. The Balaban J connectivity index is 1.90. The van der Waals surface area contributed by atoms with Crippen LogP contribution in [-0.4, -0.2) is 31.6 Å². The number of hydrogen-bond acceptors (Lipinski definition) is 3. The number of rotatable bonds is 3. The first-order valence-corrected chi connectivity index (χ1v) is 7.46. The Hall–Kier alpha value is -1.06. The first-order valence-electron chi connectivity index (χ1n) is 7.46. The van der Waals surface area contributed by atoms with Crippen molar-refractivity contribution in [1.82, 2.24) is 4.90 Å². The molecule has 3 rings (SSSR count). The van der Waals surface area contributed by atoms with Gasteiger partial charge in [0.15, 0.2) is 0 Å². The summed E-state index contributed by atoms with van der Waals surface area (Å²) in [6.45, 7) is 1.83. The zero-order chi connectivity index (χ0) is 13.4. The van der Waals surface area contributed by atoms with Crippen LogP contribution in [0.3, 0.4) is 0 Å². The van der Waals surface area contributed by atoms with Gasteiger partial charge in [-0.3, -0.25) is 4.90 Å². The molecule has 3 heteroatoms. The van der Waals surface area contributed by atoms with E-state index in [1.807, 2.05) is 0 Å². The standard InChI is InChI=1S/C16H25N3/c1-18(2)14-8-7-12-11-19(13-5-3-4-6-13)16(10-17)15(12)9-14/h7-9,13,16H,3-6,10-11,17H2,1-2H3. The zero-order valence-electron chi connectivity index (χ0n) is 12.1. The Morgan fingerprint density at radius 2 is 2.00 bits per heavy atom. The average Bonchev–Trinajstić information content (AvgIpc) is 3.04. The summed E-state index contributed by atoms with van der Waals surface area (Å²) in [5, 5.41) is 0. The summed E-state index contributed by atoms with van der Waals surface area (Å²) >= 11 is 0. The summed E-state index contributed by atoms with van der Waals surface area (Å²) in [4.78, 5) is 4.82. The molecule has 0 saturated heterocycles. The monoisotopic (exact) mass is 259 g/mol. The predicted molar refractivity (Wildman–Crippen MR) is 80.4 cm³/mol. The van der Waals surface area contributed by atoms with Crippen molar-refractivity contribution in [3.8, 4) is 0 Å². The number of fused-ring (bicyclic) bond motifs is 1. The summed E-state index contributed by atoms with van der Waals surface area (Å²) in [7, 11) is 4.20. The van der Waals surface area contributed by atoms with Crippen LogP contribution in [0.15, 0.2) is 18.2 Å². The van der Waals surface area contributed by atoms with Crippen molar-refractivity contribution in [3.05, 3.63) is 29.3 Å². The molecule has 1 heterocycles. The van der Waals surface area contributed by atoms with Crippen LogP contribution in [0.1, 0.15) is 42.9 Å². The third-order valence-electron chi connectivity index (χ3n) is 4.78. The molecule has 1 fully saturated rings. The first-order chi connectivity index (χ1) is 9.20. The van der Waals surface area contributed by atoms with E-state index in [4.69, 9.17) is 5.73 Å². The molecule has 1 atom stereocenters. The van der Waals surface area contributed by atoms with E-state index in [1.54, 1.807) is 0 Å². The maximum atomic E-state index is 6.08. The molecule has 3 nitrogen and oxygen atoms in total. The topological polar surface area (TPSA) is 32.5 Å². The van der Waals surface area contributed by atoms with Gasteiger partial charge in [0.25, 0.3) is 0 Å². The van der Waals surface area contributed by atoms with E-state index in [0.29, 0.717) is 6.04 Å². The van der Waals surface area contributed by atoms with Crippen molar-refractivity contribution >= 4 is 5.69 Å². The summed E-state index contributed by atoms with van der Waals surface area (Å²) < 4.78 is 0. The summed E-state index contributed by atoms with van der Waals surface area (Å²) in [5.74, 6) is 0. The van der Waals surface area contributed by atoms with Crippen molar-refractivity contribution in [2.45, 2.75) is 44.3 Å². The van der Waals surface area contributed by atoms with Gasteiger partial charge in [-0.25, -0.2) is 0 Å². The Morgan fingerprint density at radius 1 is 1.26 bits per heavy atom. The van der Waals surface area contributed by atoms with Crippen LogP contribution < -0.4 is 10.6 Å². The Labute approximate surface area is 116 Å². The molecule has 1 aliphatic carbocycles. The fraction of sp³-hybridized carbons (Fsp3) is 0.625. The van der Waals surface area contributed by atoms with E-state index < -0.39 is 0 Å². The second-order valence-electron chi connectivity index (χ2n) is 6.14. The van der Waals surface area contributed by atoms with E-state index in [9.17, 15) is 0 Å². The number of nitrogens with two attached hydrogens (primary N) is 1. The van der Waals surface area contributed by atoms with Gasteiger partial charge in [-0.1, -0.05) is 18.9 Å². The molecule has 19 heavy (non-hydrogen) atoms. The van der Waals surface area contributed by atoms with Crippen LogP contribution >= 0.6 is 0 Å². The lowest BCUT2D eigenvalue weighted by Gasteiger charge is -2.30. The molecule has 1 aromatic carbocycles. The molecule has 2 aliphatic rings. The number of anilines is 1. The lowest BCUT2D eigenvalue weighted by atomic mass is 10.0. The van der Waals surface area contributed by atoms with E-state index in [1.165, 1.54) is 42.5 Å². The predicted octanol–water partition coefficient (Wildman–Crippen LogP) is 2.51. The molecule has 1 unspecified atom stereocenters. The molecule has 1 saturated carbocycles. The van der Waals surface area contributed by atoms with Crippen LogP contribution in [0.5, 0.6) is 0 Å². The Morgan fingerprint density at radius 3 is 2.63 bits per heavy atom. The summed E-state index contributed by atoms with van der Waals surface area (Å²) in [5.41, 5.74) is 10.3.